The fourth-order valence-corrected chi connectivity index (χ4v) is 2.50. The molecule has 0 aromatic heterocycles. The number of hydrogen-bond donors (Lipinski definition) is 1. The van der Waals surface area contributed by atoms with Crippen molar-refractivity contribution in [3.05, 3.63) is 58.6 Å². The van der Waals surface area contributed by atoms with Crippen molar-refractivity contribution in [2.45, 2.75) is 26.3 Å². The third-order valence-corrected chi connectivity index (χ3v) is 3.98. The molecule has 0 fully saturated rings. The van der Waals surface area contributed by atoms with Crippen LogP contribution in [0, 0.1) is 6.92 Å². The van der Waals surface area contributed by atoms with Crippen LogP contribution in [0.4, 0.5) is 0 Å². The molecule has 1 N–H and O–H groups in total. The fraction of sp³-hybridized carbons (Fsp3) is 0.316. The molecule has 128 valence electrons. The van der Waals surface area contributed by atoms with E-state index in [1.54, 1.807) is 18.2 Å². The van der Waals surface area contributed by atoms with Gasteiger partial charge in [-0.2, -0.15) is 0 Å². The Morgan fingerprint density at radius 3 is 2.67 bits per heavy atom. The Balaban J connectivity index is 1.96. The van der Waals surface area contributed by atoms with Crippen molar-refractivity contribution in [2.24, 2.45) is 0 Å². The number of amides is 1. The fourth-order valence-electron chi connectivity index (χ4n) is 2.24. The predicted octanol–water partition coefficient (Wildman–Crippen LogP) is 4.24. The first-order chi connectivity index (χ1) is 11.5. The van der Waals surface area contributed by atoms with Crippen LogP contribution in [0.5, 0.6) is 11.5 Å². The summed E-state index contributed by atoms with van der Waals surface area (Å²) in [5, 5.41) is 3.38. The van der Waals surface area contributed by atoms with Crippen LogP contribution in [0.25, 0.3) is 0 Å². The van der Waals surface area contributed by atoms with Crippen LogP contribution in [-0.4, -0.2) is 25.7 Å². The molecule has 1 atom stereocenters. The molecule has 0 aliphatic heterocycles. The van der Waals surface area contributed by atoms with Crippen LogP contribution in [0.15, 0.2) is 42.5 Å². The normalized spacial score (nSPS) is 11.7. The van der Waals surface area contributed by atoms with E-state index in [2.05, 4.69) is 5.32 Å². The molecule has 0 aliphatic rings. The Bertz CT molecular complexity index is 703. The number of carbonyl (C=O) groups is 1. The maximum atomic E-state index is 12.4. The molecule has 1 unspecified atom stereocenters. The molecule has 2 aromatic rings. The molecule has 0 aliphatic carbocycles. The number of halogens is 1. The van der Waals surface area contributed by atoms with Crippen molar-refractivity contribution in [1.82, 2.24) is 5.32 Å². The summed E-state index contributed by atoms with van der Waals surface area (Å²) < 4.78 is 10.9. The summed E-state index contributed by atoms with van der Waals surface area (Å²) in [6.07, 6.45) is 0.765. The van der Waals surface area contributed by atoms with E-state index in [1.807, 2.05) is 38.1 Å². The monoisotopic (exact) mass is 347 g/mol. The molecule has 24 heavy (non-hydrogen) atoms. The number of rotatable bonds is 7. The summed E-state index contributed by atoms with van der Waals surface area (Å²) in [5.74, 6) is 1.16. The first-order valence-electron chi connectivity index (χ1n) is 7.87. The van der Waals surface area contributed by atoms with E-state index in [1.165, 1.54) is 7.11 Å². The van der Waals surface area contributed by atoms with Gasteiger partial charge >= 0.3 is 0 Å². The Labute approximate surface area is 147 Å². The van der Waals surface area contributed by atoms with Crippen LogP contribution in [-0.2, 0) is 0 Å². The number of carbonyl (C=O) groups excluding carboxylic acids is 1. The van der Waals surface area contributed by atoms with E-state index >= 15 is 0 Å². The summed E-state index contributed by atoms with van der Waals surface area (Å²) in [6, 6.07) is 12.7. The van der Waals surface area contributed by atoms with Gasteiger partial charge in [-0.1, -0.05) is 30.7 Å². The highest BCUT2D eigenvalue weighted by molar-refractivity contribution is 6.32. The average Bonchev–Trinajstić information content (AvgIpc) is 2.58. The highest BCUT2D eigenvalue weighted by Crippen LogP contribution is 2.25. The lowest BCUT2D eigenvalue weighted by Crippen LogP contribution is -2.38. The number of benzene rings is 2. The molecule has 5 heteroatoms. The van der Waals surface area contributed by atoms with E-state index in [-0.39, 0.29) is 11.9 Å². The van der Waals surface area contributed by atoms with Gasteiger partial charge in [0, 0.05) is 5.56 Å². The lowest BCUT2D eigenvalue weighted by molar-refractivity contribution is 0.0920. The first-order valence-corrected chi connectivity index (χ1v) is 8.25. The van der Waals surface area contributed by atoms with Crippen molar-refractivity contribution >= 4 is 17.5 Å². The van der Waals surface area contributed by atoms with Gasteiger partial charge in [0.05, 0.1) is 18.2 Å². The molecule has 0 saturated carbocycles. The second kappa shape index (κ2) is 8.60. The highest BCUT2D eigenvalue weighted by atomic mass is 35.5. The van der Waals surface area contributed by atoms with Gasteiger partial charge in [-0.05, 0) is 49.2 Å². The summed E-state index contributed by atoms with van der Waals surface area (Å²) in [6.45, 7) is 4.43. The minimum absolute atomic E-state index is 0.0844. The smallest absolute Gasteiger partial charge is 0.251 e. The van der Waals surface area contributed by atoms with Gasteiger partial charge in [-0.15, -0.1) is 0 Å². The number of aryl methyl sites for hydroxylation is 1. The van der Waals surface area contributed by atoms with Gasteiger partial charge in [0.15, 0.2) is 0 Å². The quantitative estimate of drug-likeness (QED) is 0.814. The van der Waals surface area contributed by atoms with Crippen molar-refractivity contribution in [2.75, 3.05) is 13.7 Å². The number of hydrogen-bond acceptors (Lipinski definition) is 3. The topological polar surface area (TPSA) is 47.6 Å². The van der Waals surface area contributed by atoms with Crippen LogP contribution in [0.3, 0.4) is 0 Å². The second-order valence-electron chi connectivity index (χ2n) is 5.56. The second-order valence-corrected chi connectivity index (χ2v) is 5.96. The Kier molecular flexibility index (Phi) is 6.50. The largest absolute Gasteiger partial charge is 0.495 e. The maximum Gasteiger partial charge on any atom is 0.251 e. The Morgan fingerprint density at radius 2 is 2.04 bits per heavy atom. The van der Waals surface area contributed by atoms with E-state index < -0.39 is 0 Å². The lowest BCUT2D eigenvalue weighted by atomic mass is 10.1. The van der Waals surface area contributed by atoms with Crippen molar-refractivity contribution in [3.63, 3.8) is 0 Å². The SMILES string of the molecule is CCC(COc1cccc(C)c1)NC(=O)c1ccc(OC)c(Cl)c1. The van der Waals surface area contributed by atoms with Gasteiger partial charge in [-0.25, -0.2) is 0 Å². The van der Waals surface area contributed by atoms with Crippen molar-refractivity contribution in [3.8, 4) is 11.5 Å². The zero-order chi connectivity index (χ0) is 17.5. The van der Waals surface area contributed by atoms with E-state index in [9.17, 15) is 4.79 Å². The Morgan fingerprint density at radius 1 is 1.25 bits per heavy atom. The Hall–Kier alpha value is -2.20. The standard InChI is InChI=1S/C19H22ClNO3/c1-4-15(12-24-16-7-5-6-13(2)10-16)21-19(22)14-8-9-18(23-3)17(20)11-14/h5-11,15H,4,12H2,1-3H3,(H,21,22). The summed E-state index contributed by atoms with van der Waals surface area (Å²) in [5.41, 5.74) is 1.63. The van der Waals surface area contributed by atoms with Gasteiger partial charge in [0.1, 0.15) is 18.1 Å². The van der Waals surface area contributed by atoms with Crippen LogP contribution < -0.4 is 14.8 Å². The minimum atomic E-state index is -0.181. The van der Waals surface area contributed by atoms with Gasteiger partial charge in [-0.3, -0.25) is 4.79 Å². The van der Waals surface area contributed by atoms with Crippen molar-refractivity contribution < 1.29 is 14.3 Å². The summed E-state index contributed by atoms with van der Waals surface area (Å²) in [7, 11) is 1.54. The lowest BCUT2D eigenvalue weighted by Gasteiger charge is -2.18. The average molecular weight is 348 g/mol. The zero-order valence-corrected chi connectivity index (χ0v) is 14.9. The molecular weight excluding hydrogens is 326 g/mol. The minimum Gasteiger partial charge on any atom is -0.495 e. The molecule has 0 radical (unpaired) electrons. The number of nitrogens with one attached hydrogen (secondary N) is 1. The van der Waals surface area contributed by atoms with Crippen LogP contribution >= 0.6 is 11.6 Å². The third kappa shape index (κ3) is 4.90. The molecule has 0 heterocycles. The molecule has 0 saturated heterocycles. The number of ether oxygens (including phenoxy) is 2. The predicted molar refractivity (Wildman–Crippen MR) is 96.2 cm³/mol. The summed E-state index contributed by atoms with van der Waals surface area (Å²) >= 11 is 6.07. The molecule has 1 amide bonds. The molecule has 4 nitrogen and oxygen atoms in total. The summed E-state index contributed by atoms with van der Waals surface area (Å²) in [4.78, 5) is 12.4. The molecule has 2 rings (SSSR count). The first kappa shape index (κ1) is 18.1. The molecule has 0 bridgehead atoms. The van der Waals surface area contributed by atoms with Gasteiger partial charge in [0.25, 0.3) is 5.91 Å². The van der Waals surface area contributed by atoms with Gasteiger partial charge in [0.2, 0.25) is 0 Å². The number of methoxy groups -OCH3 is 1. The highest BCUT2D eigenvalue weighted by Gasteiger charge is 2.14. The van der Waals surface area contributed by atoms with Crippen molar-refractivity contribution in [1.29, 1.82) is 0 Å². The van der Waals surface area contributed by atoms with E-state index in [0.29, 0.717) is 22.9 Å². The van der Waals surface area contributed by atoms with Crippen LogP contribution in [0.2, 0.25) is 5.02 Å². The van der Waals surface area contributed by atoms with Crippen LogP contribution in [0.1, 0.15) is 29.3 Å². The zero-order valence-electron chi connectivity index (χ0n) is 14.1. The van der Waals surface area contributed by atoms with E-state index in [4.69, 9.17) is 21.1 Å². The third-order valence-electron chi connectivity index (χ3n) is 3.68. The van der Waals surface area contributed by atoms with Gasteiger partial charge < -0.3 is 14.8 Å². The molecule has 0 spiro atoms. The van der Waals surface area contributed by atoms with E-state index in [0.717, 1.165) is 17.7 Å². The molecular formula is C19H22ClNO3. The maximum absolute atomic E-state index is 12.4. The molecule has 2 aromatic carbocycles.